The molecule has 12 heavy (non-hydrogen) atoms. The molecule has 2 rings (SSSR count). The predicted octanol–water partition coefficient (Wildman–Crippen LogP) is 0.891. The second-order valence-electron chi connectivity index (χ2n) is 2.39. The van der Waals surface area contributed by atoms with Crippen LogP contribution < -0.4 is 5.63 Å². The minimum absolute atomic E-state index is 0.281. The van der Waals surface area contributed by atoms with Gasteiger partial charge in [0.1, 0.15) is 0 Å². The Labute approximate surface area is 67.9 Å². The molecule has 2 aromatic heterocycles. The molecule has 0 spiro atoms. The molecule has 2 aromatic rings. The van der Waals surface area contributed by atoms with Crippen molar-refractivity contribution in [3.8, 4) is 0 Å². The van der Waals surface area contributed by atoms with Crippen LogP contribution in [-0.4, -0.2) is 9.97 Å². The topological polar surface area (TPSA) is 56.0 Å². The van der Waals surface area contributed by atoms with Gasteiger partial charge in [-0.15, -0.1) is 0 Å². The molecule has 0 saturated carbocycles. The van der Waals surface area contributed by atoms with E-state index in [0.29, 0.717) is 11.4 Å². The summed E-state index contributed by atoms with van der Waals surface area (Å²) < 4.78 is 4.76. The van der Waals surface area contributed by atoms with E-state index in [4.69, 9.17) is 4.42 Å². The van der Waals surface area contributed by atoms with Gasteiger partial charge in [0.05, 0.1) is 5.52 Å². The lowest BCUT2D eigenvalue weighted by atomic mass is 10.4. The van der Waals surface area contributed by atoms with Crippen molar-refractivity contribution >= 4 is 11.0 Å². The summed E-state index contributed by atoms with van der Waals surface area (Å²) in [4.78, 5) is 19.0. The second-order valence-corrected chi connectivity index (χ2v) is 2.39. The molecule has 0 bridgehead atoms. The zero-order valence-corrected chi connectivity index (χ0v) is 6.44. The van der Waals surface area contributed by atoms with Crippen LogP contribution in [0.15, 0.2) is 27.5 Å². The smallest absolute Gasteiger partial charge is 0.365 e. The van der Waals surface area contributed by atoms with Crippen LogP contribution in [0.3, 0.4) is 0 Å². The van der Waals surface area contributed by atoms with Crippen molar-refractivity contribution < 1.29 is 4.42 Å². The summed E-state index contributed by atoms with van der Waals surface area (Å²) >= 11 is 0. The zero-order valence-electron chi connectivity index (χ0n) is 6.44. The molecule has 0 aliphatic rings. The Morgan fingerprint density at radius 1 is 1.50 bits per heavy atom. The van der Waals surface area contributed by atoms with Crippen LogP contribution in [0.1, 0.15) is 5.89 Å². The van der Waals surface area contributed by atoms with E-state index in [1.165, 1.54) is 6.20 Å². The normalized spacial score (nSPS) is 10.4. The van der Waals surface area contributed by atoms with Crippen molar-refractivity contribution in [2.24, 2.45) is 0 Å². The van der Waals surface area contributed by atoms with Gasteiger partial charge < -0.3 is 4.42 Å². The summed E-state index contributed by atoms with van der Waals surface area (Å²) in [5.41, 5.74) is 0.424. The van der Waals surface area contributed by atoms with E-state index in [0.717, 1.165) is 0 Å². The van der Waals surface area contributed by atoms with Crippen LogP contribution in [-0.2, 0) is 0 Å². The lowest BCUT2D eigenvalue weighted by Crippen LogP contribution is -2.04. The van der Waals surface area contributed by atoms with Crippen molar-refractivity contribution in [3.05, 3.63) is 34.6 Å². The highest BCUT2D eigenvalue weighted by molar-refractivity contribution is 5.71. The van der Waals surface area contributed by atoms with Crippen LogP contribution in [0.2, 0.25) is 0 Å². The predicted molar refractivity (Wildman–Crippen MR) is 42.8 cm³/mol. The first-order valence-corrected chi connectivity index (χ1v) is 3.50. The van der Waals surface area contributed by atoms with Crippen molar-refractivity contribution in [2.75, 3.05) is 0 Å². The van der Waals surface area contributed by atoms with E-state index in [2.05, 4.69) is 9.97 Å². The number of fused-ring (bicyclic) bond motifs is 1. The second kappa shape index (κ2) is 2.41. The Morgan fingerprint density at radius 3 is 3.17 bits per heavy atom. The highest BCUT2D eigenvalue weighted by Gasteiger charge is 2.01. The molecule has 0 unspecified atom stereocenters. The van der Waals surface area contributed by atoms with Gasteiger partial charge in [0.25, 0.3) is 0 Å². The van der Waals surface area contributed by atoms with E-state index in [1.54, 1.807) is 19.1 Å². The van der Waals surface area contributed by atoms with Crippen molar-refractivity contribution in [2.45, 2.75) is 6.92 Å². The molecule has 4 nitrogen and oxygen atoms in total. The zero-order chi connectivity index (χ0) is 8.55. The molecule has 4 heteroatoms. The Bertz CT molecular complexity index is 476. The maximum absolute atomic E-state index is 11.1. The Morgan fingerprint density at radius 2 is 2.33 bits per heavy atom. The third kappa shape index (κ3) is 0.972. The molecule has 0 aromatic carbocycles. The average molecular weight is 162 g/mol. The van der Waals surface area contributed by atoms with Gasteiger partial charge in [-0.25, -0.2) is 14.8 Å². The van der Waals surface area contributed by atoms with Gasteiger partial charge in [-0.1, -0.05) is 0 Å². The SMILES string of the molecule is Cc1nc2cccnc2c(=O)o1. The molecule has 0 radical (unpaired) electrons. The number of hydrogen-bond donors (Lipinski definition) is 0. The fraction of sp³-hybridized carbons (Fsp3) is 0.125. The number of rotatable bonds is 0. The van der Waals surface area contributed by atoms with Crippen molar-refractivity contribution in [1.82, 2.24) is 9.97 Å². The van der Waals surface area contributed by atoms with Gasteiger partial charge in [0, 0.05) is 13.1 Å². The average Bonchev–Trinajstić information content (AvgIpc) is 2.04. The third-order valence-electron chi connectivity index (χ3n) is 1.50. The molecular formula is C8H6N2O2. The summed E-state index contributed by atoms with van der Waals surface area (Å²) in [6.07, 6.45) is 1.54. The first kappa shape index (κ1) is 6.97. The Balaban J connectivity index is 2.99. The standard InChI is InChI=1S/C8H6N2O2/c1-5-10-6-3-2-4-9-7(6)8(11)12-5/h2-4H,1H3. The van der Waals surface area contributed by atoms with Gasteiger partial charge >= 0.3 is 5.63 Å². The number of aromatic nitrogens is 2. The van der Waals surface area contributed by atoms with Crippen LogP contribution in [0.25, 0.3) is 11.0 Å². The third-order valence-corrected chi connectivity index (χ3v) is 1.50. The summed E-state index contributed by atoms with van der Waals surface area (Å²) in [7, 11) is 0. The minimum atomic E-state index is -0.432. The van der Waals surface area contributed by atoms with Crippen LogP contribution in [0.5, 0.6) is 0 Å². The monoisotopic (exact) mass is 162 g/mol. The number of aryl methyl sites for hydroxylation is 1. The van der Waals surface area contributed by atoms with Gasteiger partial charge in [0.15, 0.2) is 11.4 Å². The first-order valence-electron chi connectivity index (χ1n) is 3.50. The van der Waals surface area contributed by atoms with E-state index in [-0.39, 0.29) is 5.52 Å². The summed E-state index contributed by atoms with van der Waals surface area (Å²) in [5.74, 6) is 0.362. The summed E-state index contributed by atoms with van der Waals surface area (Å²) in [5, 5.41) is 0. The van der Waals surface area contributed by atoms with Crippen LogP contribution in [0, 0.1) is 6.92 Å². The van der Waals surface area contributed by atoms with E-state index in [1.807, 2.05) is 0 Å². The van der Waals surface area contributed by atoms with Gasteiger partial charge in [-0.05, 0) is 12.1 Å². The first-order chi connectivity index (χ1) is 5.77. The maximum Gasteiger partial charge on any atom is 0.365 e. The number of pyridine rings is 1. The molecule has 0 saturated heterocycles. The highest BCUT2D eigenvalue weighted by Crippen LogP contribution is 2.02. The minimum Gasteiger partial charge on any atom is -0.407 e. The molecule has 0 aliphatic heterocycles. The van der Waals surface area contributed by atoms with Gasteiger partial charge in [-0.2, -0.15) is 0 Å². The van der Waals surface area contributed by atoms with E-state index in [9.17, 15) is 4.79 Å². The molecular weight excluding hydrogens is 156 g/mol. The summed E-state index contributed by atoms with van der Waals surface area (Å²) in [6.45, 7) is 1.63. The lowest BCUT2D eigenvalue weighted by molar-refractivity contribution is 0.465. The molecule has 0 atom stereocenters. The molecule has 0 aliphatic carbocycles. The Kier molecular flexibility index (Phi) is 1.40. The Hall–Kier alpha value is -1.71. The van der Waals surface area contributed by atoms with E-state index >= 15 is 0 Å². The fourth-order valence-electron chi connectivity index (χ4n) is 1.02. The highest BCUT2D eigenvalue weighted by atomic mass is 16.4. The number of nitrogens with zero attached hydrogens (tertiary/aromatic N) is 2. The van der Waals surface area contributed by atoms with Crippen LogP contribution in [0.4, 0.5) is 0 Å². The maximum atomic E-state index is 11.1. The largest absolute Gasteiger partial charge is 0.407 e. The van der Waals surface area contributed by atoms with Gasteiger partial charge in [-0.3, -0.25) is 0 Å². The van der Waals surface area contributed by atoms with E-state index < -0.39 is 5.63 Å². The molecule has 60 valence electrons. The van der Waals surface area contributed by atoms with Crippen molar-refractivity contribution in [3.63, 3.8) is 0 Å². The fourth-order valence-corrected chi connectivity index (χ4v) is 1.02. The lowest BCUT2D eigenvalue weighted by Gasteiger charge is -1.93. The molecule has 0 N–H and O–H groups in total. The van der Waals surface area contributed by atoms with Crippen molar-refractivity contribution in [1.29, 1.82) is 0 Å². The van der Waals surface area contributed by atoms with Gasteiger partial charge in [0.2, 0.25) is 0 Å². The summed E-state index contributed by atoms with van der Waals surface area (Å²) in [6, 6.07) is 3.46. The quantitative estimate of drug-likeness (QED) is 0.577. The molecule has 0 fully saturated rings. The molecule has 0 amide bonds. The van der Waals surface area contributed by atoms with Crippen LogP contribution >= 0.6 is 0 Å². The molecule has 2 heterocycles. The number of hydrogen-bond acceptors (Lipinski definition) is 4.